The molecule has 2 aliphatic heterocycles. The molecule has 4 aromatic carbocycles. The third-order valence-electron chi connectivity index (χ3n) is 9.70. The van der Waals surface area contributed by atoms with Crippen molar-refractivity contribution < 1.29 is 29.6 Å². The van der Waals surface area contributed by atoms with Gasteiger partial charge in [0, 0.05) is 60.6 Å². The number of nitrogens with zero attached hydrogens (tertiary/aromatic N) is 4. The lowest BCUT2D eigenvalue weighted by Gasteiger charge is -2.22. The van der Waals surface area contributed by atoms with Crippen molar-refractivity contribution in [2.75, 3.05) is 49.3 Å². The number of allylic oxidation sites excluding steroid dienone is 4. The summed E-state index contributed by atoms with van der Waals surface area (Å²) in [6.45, 7) is 1.92. The fourth-order valence-corrected chi connectivity index (χ4v) is 10.3. The molecule has 13 heteroatoms. The number of rotatable bonds is 12. The number of hydrogen-bond donors (Lipinski definition) is 2. The van der Waals surface area contributed by atoms with E-state index in [-0.39, 0.29) is 26.4 Å². The topological polar surface area (TPSA) is 101 Å². The summed E-state index contributed by atoms with van der Waals surface area (Å²) in [5.74, 6) is 0. The average molecular weight is 1020 g/mol. The first-order valence-electron chi connectivity index (χ1n) is 19.0. The van der Waals surface area contributed by atoms with Crippen molar-refractivity contribution in [3.8, 4) is 0 Å². The monoisotopic (exact) mass is 1010 g/mol. The summed E-state index contributed by atoms with van der Waals surface area (Å²) in [7, 11) is 0. The molecule has 8 nitrogen and oxygen atoms in total. The molecule has 0 saturated heterocycles. The number of aliphatic hydroxyl groups is 2. The zero-order valence-corrected chi connectivity index (χ0v) is 38.3. The van der Waals surface area contributed by atoms with E-state index < -0.39 is 0 Å². The Morgan fingerprint density at radius 3 is 1.58 bits per heavy atom. The number of aromatic nitrogens is 2. The minimum atomic E-state index is -0.156. The minimum Gasteiger partial charge on any atom is -0.853 e. The molecule has 0 radical (unpaired) electrons. The Balaban J connectivity index is 0.000000179. The van der Waals surface area contributed by atoms with Gasteiger partial charge in [-0.1, -0.05) is 108 Å². The van der Waals surface area contributed by atoms with Crippen LogP contribution in [0, 0.1) is 0 Å². The number of anilines is 2. The minimum absolute atomic E-state index is 0.0943. The smallest absolute Gasteiger partial charge is 0.214 e. The van der Waals surface area contributed by atoms with Gasteiger partial charge in [-0.3, -0.25) is 0 Å². The van der Waals surface area contributed by atoms with Gasteiger partial charge in [0.1, 0.15) is 13.2 Å². The van der Waals surface area contributed by atoms with Gasteiger partial charge in [0.05, 0.1) is 32.2 Å². The average Bonchev–Trinajstić information content (AvgIpc) is 3.75. The van der Waals surface area contributed by atoms with Crippen molar-refractivity contribution in [2.45, 2.75) is 22.9 Å². The van der Waals surface area contributed by atoms with Crippen LogP contribution in [0.1, 0.15) is 11.1 Å². The Labute approximate surface area is 377 Å². The molecular weight excluding hydrogens is 976 g/mol. The molecule has 302 valence electrons. The molecule has 0 amide bonds. The first-order chi connectivity index (χ1) is 28.8. The molecule has 8 rings (SSSR count). The van der Waals surface area contributed by atoms with Crippen LogP contribution in [0.4, 0.5) is 11.4 Å². The van der Waals surface area contributed by atoms with Crippen LogP contribution in [-0.2, 0) is 13.1 Å². The van der Waals surface area contributed by atoms with E-state index in [9.17, 15) is 20.4 Å². The van der Waals surface area contributed by atoms with Gasteiger partial charge in [-0.05, 0) is 77.9 Å². The van der Waals surface area contributed by atoms with Crippen LogP contribution < -0.4 is 29.1 Å². The fraction of sp³-hybridized carbons (Fsp3) is 0.174. The predicted octanol–water partition coefficient (Wildman–Crippen LogP) is 8.18. The second-order valence-electron chi connectivity index (χ2n) is 13.4. The molecule has 0 spiro atoms. The number of pyridine rings is 2. The summed E-state index contributed by atoms with van der Waals surface area (Å²) >= 11 is 13.9. The van der Waals surface area contributed by atoms with Gasteiger partial charge in [-0.25, -0.2) is 0 Å². The Morgan fingerprint density at radius 1 is 0.576 bits per heavy atom. The van der Waals surface area contributed by atoms with Crippen molar-refractivity contribution in [3.63, 3.8) is 0 Å². The van der Waals surface area contributed by atoms with Crippen LogP contribution in [0.2, 0.25) is 0 Å². The molecule has 0 bridgehead atoms. The number of aliphatic hydroxyl groups excluding tert-OH is 2. The molecule has 2 aromatic heterocycles. The van der Waals surface area contributed by atoms with Crippen molar-refractivity contribution in [2.24, 2.45) is 0 Å². The Morgan fingerprint density at radius 2 is 1.05 bits per heavy atom. The maximum atomic E-state index is 11.3. The van der Waals surface area contributed by atoms with Crippen LogP contribution in [0.15, 0.2) is 161 Å². The number of thioether (sulfide) groups is 2. The van der Waals surface area contributed by atoms with Crippen molar-refractivity contribution >= 4 is 117 Å². The predicted molar refractivity (Wildman–Crippen MR) is 249 cm³/mol. The molecule has 0 saturated carbocycles. The maximum Gasteiger partial charge on any atom is 0.214 e. The van der Waals surface area contributed by atoms with E-state index in [1.165, 1.54) is 0 Å². The Kier molecular flexibility index (Phi) is 15.2. The molecule has 2 N–H and O–H groups in total. The van der Waals surface area contributed by atoms with Gasteiger partial charge >= 0.3 is 0 Å². The maximum absolute atomic E-state index is 11.3. The SMILES string of the molecule is [O-]CCN1C(=CC=Cc2cc[n+](CCO)c3cc(Br)ccc23)Sc2ccc(Br)cc21.[O-]CCN1C(=CC=Cc2cc[n+](CCO)c3ccccc23)Sc2ccc(Br)cc21. The molecule has 59 heavy (non-hydrogen) atoms. The number of para-hydroxylation sites is 1. The second kappa shape index (κ2) is 20.7. The lowest BCUT2D eigenvalue weighted by atomic mass is 10.1. The quantitative estimate of drug-likeness (QED) is 0.119. The van der Waals surface area contributed by atoms with Gasteiger partial charge in [0.2, 0.25) is 11.0 Å². The largest absolute Gasteiger partial charge is 0.853 e. The van der Waals surface area contributed by atoms with Crippen molar-refractivity contribution in [1.82, 2.24) is 0 Å². The molecule has 0 unspecified atom stereocenters. The van der Waals surface area contributed by atoms with Gasteiger partial charge < -0.3 is 30.2 Å². The number of fused-ring (bicyclic) bond motifs is 4. The lowest BCUT2D eigenvalue weighted by Crippen LogP contribution is -2.36. The third kappa shape index (κ3) is 10.2. The van der Waals surface area contributed by atoms with Crippen molar-refractivity contribution in [1.29, 1.82) is 0 Å². The summed E-state index contributed by atoms with van der Waals surface area (Å²) in [6.07, 6.45) is 16.4. The number of halogens is 3. The molecule has 0 aliphatic carbocycles. The van der Waals surface area contributed by atoms with Gasteiger partial charge in [0.25, 0.3) is 0 Å². The van der Waals surface area contributed by atoms with Crippen molar-refractivity contribution in [3.05, 3.63) is 162 Å². The lowest BCUT2D eigenvalue weighted by molar-refractivity contribution is -0.672. The van der Waals surface area contributed by atoms with E-state index in [0.717, 1.165) is 77.6 Å². The fourth-order valence-electron chi connectivity index (χ4n) is 7.04. The molecular formula is C46H41Br3N4O4S2. The van der Waals surface area contributed by atoms with E-state index in [1.807, 2.05) is 59.4 Å². The summed E-state index contributed by atoms with van der Waals surface area (Å²) in [5, 5.41) is 45.7. The zero-order chi connectivity index (χ0) is 41.3. The van der Waals surface area contributed by atoms with E-state index in [4.69, 9.17) is 0 Å². The van der Waals surface area contributed by atoms with E-state index >= 15 is 0 Å². The molecule has 2 aliphatic rings. The molecule has 0 fully saturated rings. The molecule has 0 atom stereocenters. The number of hydrogen-bond acceptors (Lipinski definition) is 8. The molecule has 4 heterocycles. The van der Waals surface area contributed by atoms with Crippen LogP contribution in [0.5, 0.6) is 0 Å². The van der Waals surface area contributed by atoms with Gasteiger partial charge in [-0.2, -0.15) is 9.13 Å². The normalized spacial score (nSPS) is 15.0. The van der Waals surface area contributed by atoms with Crippen LogP contribution in [0.25, 0.3) is 34.0 Å². The summed E-state index contributed by atoms with van der Waals surface area (Å²) in [5.41, 5.74) is 6.53. The summed E-state index contributed by atoms with van der Waals surface area (Å²) in [4.78, 5) is 6.49. The van der Waals surface area contributed by atoms with Crippen LogP contribution in [-0.4, -0.2) is 49.7 Å². The highest BCUT2D eigenvalue weighted by Gasteiger charge is 2.25. The second-order valence-corrected chi connectivity index (χ2v) is 18.3. The Hall–Kier alpha value is -3.76. The highest BCUT2D eigenvalue weighted by Crippen LogP contribution is 2.48. The van der Waals surface area contributed by atoms with Crippen LogP contribution in [0.3, 0.4) is 0 Å². The highest BCUT2D eigenvalue weighted by atomic mass is 79.9. The van der Waals surface area contributed by atoms with Gasteiger partial charge in [-0.15, -0.1) is 13.2 Å². The van der Waals surface area contributed by atoms with E-state index in [2.05, 4.69) is 147 Å². The number of benzene rings is 4. The first-order valence-corrected chi connectivity index (χ1v) is 23.0. The van der Waals surface area contributed by atoms with E-state index in [1.54, 1.807) is 23.5 Å². The van der Waals surface area contributed by atoms with E-state index in [0.29, 0.717) is 26.2 Å². The summed E-state index contributed by atoms with van der Waals surface area (Å²) in [6, 6.07) is 30.8. The highest BCUT2D eigenvalue weighted by molar-refractivity contribution is 9.11. The van der Waals surface area contributed by atoms with Crippen LogP contribution >= 0.6 is 71.3 Å². The summed E-state index contributed by atoms with van der Waals surface area (Å²) < 4.78 is 7.13. The van der Waals surface area contributed by atoms with Gasteiger partial charge in [0.15, 0.2) is 25.5 Å². The first kappa shape index (κ1) is 43.3. The molecule has 6 aromatic rings. The standard InChI is InChI=1S/C23H20Br2N2O2S.C23H21BrN2O2S/c24-17-4-6-19-16(8-9-26(10-12-28)20(19)14-17)2-1-3-23-27(11-13-29)21-15-18(25)5-7-22(21)30-23;24-18-8-9-22-21(16-18)26(13-15-28)23(29-22)7-3-4-17-10-11-25(12-14-27)20-6-2-1-5-19(17)20/h1-9,14-15,28H,10-13H2;1-11,16,27H,12-15H2. The third-order valence-corrected chi connectivity index (χ3v) is 13.4. The Bertz CT molecular complexity index is 2600. The zero-order valence-electron chi connectivity index (χ0n) is 31.9.